The Morgan fingerprint density at radius 2 is 1.90 bits per heavy atom. The van der Waals surface area contributed by atoms with Gasteiger partial charge >= 0.3 is 0 Å². The van der Waals surface area contributed by atoms with E-state index < -0.39 is 0 Å². The molecule has 0 atom stereocenters. The van der Waals surface area contributed by atoms with Crippen LogP contribution in [0.4, 0.5) is 5.69 Å². The fourth-order valence-electron chi connectivity index (χ4n) is 1.81. The summed E-state index contributed by atoms with van der Waals surface area (Å²) in [6.07, 6.45) is 0. The van der Waals surface area contributed by atoms with Crippen molar-refractivity contribution in [1.29, 1.82) is 0 Å². The van der Waals surface area contributed by atoms with Gasteiger partial charge in [-0.15, -0.1) is 0 Å². The van der Waals surface area contributed by atoms with Gasteiger partial charge in [0.25, 0.3) is 5.91 Å². The van der Waals surface area contributed by atoms with Crippen LogP contribution >= 0.6 is 0 Å². The number of benzene rings is 2. The fourth-order valence-corrected chi connectivity index (χ4v) is 1.81. The summed E-state index contributed by atoms with van der Waals surface area (Å²) in [5.74, 6) is 0.742. The van der Waals surface area contributed by atoms with Gasteiger partial charge < -0.3 is 15.4 Å². The van der Waals surface area contributed by atoms with E-state index in [1.54, 1.807) is 36.2 Å². The second kappa shape index (κ2) is 6.61. The van der Waals surface area contributed by atoms with Crippen molar-refractivity contribution < 1.29 is 9.53 Å². The number of nitrogens with two attached hydrogens (primary N) is 1. The lowest BCUT2D eigenvalue weighted by atomic mass is 10.2. The Bertz CT molecular complexity index is 570. The Labute approximate surface area is 118 Å². The normalized spacial score (nSPS) is 10.1. The first-order valence-electron chi connectivity index (χ1n) is 6.45. The number of ether oxygens (including phenoxy) is 1. The average molecular weight is 270 g/mol. The first-order valence-corrected chi connectivity index (χ1v) is 6.45. The Balaban J connectivity index is 1.85. The molecule has 104 valence electrons. The summed E-state index contributed by atoms with van der Waals surface area (Å²) >= 11 is 0. The van der Waals surface area contributed by atoms with Crippen LogP contribution in [0.3, 0.4) is 0 Å². The predicted octanol–water partition coefficient (Wildman–Crippen LogP) is 2.42. The van der Waals surface area contributed by atoms with Crippen molar-refractivity contribution in [2.24, 2.45) is 0 Å². The van der Waals surface area contributed by atoms with E-state index >= 15 is 0 Å². The zero-order chi connectivity index (χ0) is 14.4. The lowest BCUT2D eigenvalue weighted by Gasteiger charge is -2.17. The summed E-state index contributed by atoms with van der Waals surface area (Å²) in [5, 5.41) is 0. The number of carbonyl (C=O) groups is 1. The van der Waals surface area contributed by atoms with Gasteiger partial charge in [0.2, 0.25) is 0 Å². The first kappa shape index (κ1) is 13.9. The maximum atomic E-state index is 12.2. The van der Waals surface area contributed by atoms with Gasteiger partial charge in [-0.3, -0.25) is 4.79 Å². The summed E-state index contributed by atoms with van der Waals surface area (Å²) in [4.78, 5) is 13.8. The predicted molar refractivity (Wildman–Crippen MR) is 79.8 cm³/mol. The van der Waals surface area contributed by atoms with Crippen LogP contribution in [0.5, 0.6) is 5.75 Å². The van der Waals surface area contributed by atoms with E-state index in [0.717, 1.165) is 5.75 Å². The van der Waals surface area contributed by atoms with E-state index in [-0.39, 0.29) is 5.91 Å². The van der Waals surface area contributed by atoms with Gasteiger partial charge in [0.1, 0.15) is 12.4 Å². The number of amides is 1. The van der Waals surface area contributed by atoms with Gasteiger partial charge in [0.15, 0.2) is 0 Å². The van der Waals surface area contributed by atoms with Gasteiger partial charge in [-0.25, -0.2) is 0 Å². The van der Waals surface area contributed by atoms with Crippen LogP contribution in [0.1, 0.15) is 10.4 Å². The highest BCUT2D eigenvalue weighted by molar-refractivity contribution is 5.94. The Kier molecular flexibility index (Phi) is 4.60. The molecule has 0 radical (unpaired) electrons. The molecule has 4 heteroatoms. The van der Waals surface area contributed by atoms with Crippen molar-refractivity contribution in [1.82, 2.24) is 4.90 Å². The summed E-state index contributed by atoms with van der Waals surface area (Å²) < 4.78 is 5.57. The van der Waals surface area contributed by atoms with Crippen LogP contribution in [0.25, 0.3) is 0 Å². The van der Waals surface area contributed by atoms with Crippen molar-refractivity contribution >= 4 is 11.6 Å². The lowest BCUT2D eigenvalue weighted by molar-refractivity contribution is 0.0774. The quantitative estimate of drug-likeness (QED) is 0.849. The minimum atomic E-state index is -0.0611. The number of likely N-dealkylation sites (N-methyl/N-ethyl adjacent to an activating group) is 1. The minimum absolute atomic E-state index is 0.0611. The van der Waals surface area contributed by atoms with Gasteiger partial charge in [-0.2, -0.15) is 0 Å². The van der Waals surface area contributed by atoms with Crippen LogP contribution < -0.4 is 10.5 Å². The Hall–Kier alpha value is -2.49. The highest BCUT2D eigenvalue weighted by Gasteiger charge is 2.11. The molecule has 0 saturated heterocycles. The molecule has 2 N–H and O–H groups in total. The highest BCUT2D eigenvalue weighted by Crippen LogP contribution is 2.10. The third kappa shape index (κ3) is 3.75. The van der Waals surface area contributed by atoms with E-state index in [4.69, 9.17) is 10.5 Å². The summed E-state index contributed by atoms with van der Waals surface area (Å²) in [7, 11) is 1.75. The van der Waals surface area contributed by atoms with Crippen LogP contribution in [-0.4, -0.2) is 31.0 Å². The molecule has 0 spiro atoms. The molecule has 0 aliphatic carbocycles. The summed E-state index contributed by atoms with van der Waals surface area (Å²) in [6, 6.07) is 16.5. The van der Waals surface area contributed by atoms with E-state index in [0.29, 0.717) is 24.4 Å². The standard InChI is InChI=1S/C16H18N2O2/c1-18(10-11-20-15-8-3-2-4-9-15)16(19)13-6-5-7-14(17)12-13/h2-9,12H,10-11,17H2,1H3. The third-order valence-electron chi connectivity index (χ3n) is 2.92. The molecule has 1 amide bonds. The molecule has 4 nitrogen and oxygen atoms in total. The smallest absolute Gasteiger partial charge is 0.253 e. The van der Waals surface area contributed by atoms with Crippen molar-refractivity contribution in [2.45, 2.75) is 0 Å². The lowest BCUT2D eigenvalue weighted by Crippen LogP contribution is -2.30. The molecule has 0 bridgehead atoms. The fraction of sp³-hybridized carbons (Fsp3) is 0.188. The number of carbonyl (C=O) groups excluding carboxylic acids is 1. The maximum Gasteiger partial charge on any atom is 0.253 e. The van der Waals surface area contributed by atoms with Gasteiger partial charge in [-0.05, 0) is 30.3 Å². The first-order chi connectivity index (χ1) is 9.66. The van der Waals surface area contributed by atoms with Crippen LogP contribution in [0.15, 0.2) is 54.6 Å². The SMILES string of the molecule is CN(CCOc1ccccc1)C(=O)c1cccc(N)c1. The van der Waals surface area contributed by atoms with E-state index in [9.17, 15) is 4.79 Å². The molecule has 0 saturated carbocycles. The molecule has 0 aromatic heterocycles. The topological polar surface area (TPSA) is 55.6 Å². The molecule has 0 aliphatic rings. The van der Waals surface area contributed by atoms with Gasteiger partial charge in [-0.1, -0.05) is 24.3 Å². The molecule has 20 heavy (non-hydrogen) atoms. The Morgan fingerprint density at radius 1 is 1.15 bits per heavy atom. The van der Waals surface area contributed by atoms with Crippen LogP contribution in [0, 0.1) is 0 Å². The van der Waals surface area contributed by atoms with E-state index in [1.807, 2.05) is 30.3 Å². The number of nitrogen functional groups attached to an aromatic ring is 1. The zero-order valence-electron chi connectivity index (χ0n) is 11.5. The minimum Gasteiger partial charge on any atom is -0.492 e. The highest BCUT2D eigenvalue weighted by atomic mass is 16.5. The zero-order valence-corrected chi connectivity index (χ0v) is 11.5. The average Bonchev–Trinajstić information content (AvgIpc) is 2.47. The molecule has 2 rings (SSSR count). The van der Waals surface area contributed by atoms with E-state index in [1.165, 1.54) is 0 Å². The molecule has 2 aromatic rings. The van der Waals surface area contributed by atoms with Crippen molar-refractivity contribution in [3.05, 3.63) is 60.2 Å². The second-order valence-electron chi connectivity index (χ2n) is 4.51. The van der Waals surface area contributed by atoms with Crippen molar-refractivity contribution in [3.63, 3.8) is 0 Å². The monoisotopic (exact) mass is 270 g/mol. The molecule has 0 fully saturated rings. The maximum absolute atomic E-state index is 12.2. The molecular weight excluding hydrogens is 252 g/mol. The molecule has 0 unspecified atom stereocenters. The van der Waals surface area contributed by atoms with Crippen LogP contribution in [0.2, 0.25) is 0 Å². The third-order valence-corrected chi connectivity index (χ3v) is 2.92. The van der Waals surface area contributed by atoms with Gasteiger partial charge in [0, 0.05) is 18.3 Å². The summed E-state index contributed by atoms with van der Waals surface area (Å²) in [5.41, 5.74) is 6.86. The Morgan fingerprint density at radius 3 is 2.60 bits per heavy atom. The van der Waals surface area contributed by atoms with Crippen LogP contribution in [-0.2, 0) is 0 Å². The number of hydrogen-bond acceptors (Lipinski definition) is 3. The number of rotatable bonds is 5. The molecule has 2 aromatic carbocycles. The molecular formula is C16H18N2O2. The van der Waals surface area contributed by atoms with E-state index in [2.05, 4.69) is 0 Å². The summed E-state index contributed by atoms with van der Waals surface area (Å²) in [6.45, 7) is 0.969. The van der Waals surface area contributed by atoms with Crippen molar-refractivity contribution in [3.8, 4) is 5.75 Å². The number of para-hydroxylation sites is 1. The molecule has 0 heterocycles. The second-order valence-corrected chi connectivity index (χ2v) is 4.51. The largest absolute Gasteiger partial charge is 0.492 e. The number of nitrogens with zero attached hydrogens (tertiary/aromatic N) is 1. The molecule has 0 aliphatic heterocycles. The van der Waals surface area contributed by atoms with Crippen molar-refractivity contribution in [2.75, 3.05) is 25.9 Å². The number of hydrogen-bond donors (Lipinski definition) is 1. The number of anilines is 1. The van der Waals surface area contributed by atoms with Gasteiger partial charge in [0.05, 0.1) is 6.54 Å².